The van der Waals surface area contributed by atoms with Crippen LogP contribution in [-0.4, -0.2) is 9.55 Å². The molecule has 0 unspecified atom stereocenters. The molecule has 2 heterocycles. The molecule has 0 aliphatic carbocycles. The summed E-state index contributed by atoms with van der Waals surface area (Å²) in [5.74, 6) is 0. The van der Waals surface area contributed by atoms with Gasteiger partial charge in [-0.2, -0.15) is 0 Å². The van der Waals surface area contributed by atoms with Crippen LogP contribution in [0.25, 0.3) is 0 Å². The lowest BCUT2D eigenvalue weighted by Gasteiger charge is -2.11. The van der Waals surface area contributed by atoms with Crippen LogP contribution in [0.2, 0.25) is 0 Å². The first-order chi connectivity index (χ1) is 8.50. The highest BCUT2D eigenvalue weighted by atomic mass is 15.0. The average molecular weight is 243 g/mol. The molecule has 0 spiro atoms. The number of anilines is 1. The number of rotatable bonds is 3. The summed E-state index contributed by atoms with van der Waals surface area (Å²) in [6.07, 6.45) is 1.85. The molecule has 0 atom stereocenters. The Morgan fingerprint density at radius 1 is 1.22 bits per heavy atom. The molecule has 3 nitrogen and oxygen atoms in total. The summed E-state index contributed by atoms with van der Waals surface area (Å²) in [4.78, 5) is 4.33. The van der Waals surface area contributed by atoms with Crippen LogP contribution in [-0.2, 0) is 13.6 Å². The van der Waals surface area contributed by atoms with Crippen molar-refractivity contribution in [2.75, 3.05) is 5.32 Å². The molecule has 0 radical (unpaired) electrons. The first-order valence-corrected chi connectivity index (χ1v) is 6.28. The highest BCUT2D eigenvalue weighted by Gasteiger charge is 2.07. The molecule has 0 aliphatic heterocycles. The van der Waals surface area contributed by atoms with Crippen LogP contribution in [0.3, 0.4) is 0 Å². The molecule has 2 aromatic heterocycles. The number of hydrogen-bond acceptors (Lipinski definition) is 2. The number of aromatic nitrogens is 2. The average Bonchev–Trinajstić information content (AvgIpc) is 2.56. The molecule has 0 aliphatic rings. The minimum Gasteiger partial charge on any atom is -0.379 e. The van der Waals surface area contributed by atoms with Crippen LogP contribution in [0.5, 0.6) is 0 Å². The fraction of sp³-hybridized carbons (Fsp3) is 0.400. The van der Waals surface area contributed by atoms with Gasteiger partial charge in [0.15, 0.2) is 0 Å². The highest BCUT2D eigenvalue weighted by molar-refractivity contribution is 5.54. The van der Waals surface area contributed by atoms with E-state index in [9.17, 15) is 0 Å². The van der Waals surface area contributed by atoms with Crippen molar-refractivity contribution in [3.05, 3.63) is 46.5 Å². The maximum Gasteiger partial charge on any atom is 0.0606 e. The van der Waals surface area contributed by atoms with Crippen molar-refractivity contribution in [1.82, 2.24) is 9.55 Å². The van der Waals surface area contributed by atoms with Crippen LogP contribution in [0, 0.1) is 27.7 Å². The highest BCUT2D eigenvalue weighted by Crippen LogP contribution is 2.20. The SMILES string of the molecule is Cc1ccnc(C)c1NCc1cc(C)n(C)c1C. The van der Waals surface area contributed by atoms with Crippen LogP contribution in [0.1, 0.15) is 28.2 Å². The summed E-state index contributed by atoms with van der Waals surface area (Å²) in [7, 11) is 2.11. The van der Waals surface area contributed by atoms with Gasteiger partial charge in [0.05, 0.1) is 11.4 Å². The van der Waals surface area contributed by atoms with Gasteiger partial charge >= 0.3 is 0 Å². The molecule has 0 fully saturated rings. The monoisotopic (exact) mass is 243 g/mol. The van der Waals surface area contributed by atoms with E-state index in [-0.39, 0.29) is 0 Å². The molecule has 0 aromatic carbocycles. The zero-order chi connectivity index (χ0) is 13.3. The Morgan fingerprint density at radius 3 is 2.50 bits per heavy atom. The second kappa shape index (κ2) is 4.84. The van der Waals surface area contributed by atoms with Crippen molar-refractivity contribution < 1.29 is 0 Å². The Labute approximate surface area is 109 Å². The van der Waals surface area contributed by atoms with Crippen molar-refractivity contribution >= 4 is 5.69 Å². The van der Waals surface area contributed by atoms with E-state index in [1.54, 1.807) is 0 Å². The van der Waals surface area contributed by atoms with E-state index in [0.29, 0.717) is 0 Å². The van der Waals surface area contributed by atoms with Crippen molar-refractivity contribution in [3.8, 4) is 0 Å². The van der Waals surface area contributed by atoms with Gasteiger partial charge in [0.2, 0.25) is 0 Å². The summed E-state index contributed by atoms with van der Waals surface area (Å²) < 4.78 is 2.22. The van der Waals surface area contributed by atoms with Gasteiger partial charge in [-0.1, -0.05) is 0 Å². The van der Waals surface area contributed by atoms with Gasteiger partial charge in [0.1, 0.15) is 0 Å². The normalized spacial score (nSPS) is 10.7. The van der Waals surface area contributed by atoms with E-state index in [1.165, 1.54) is 22.5 Å². The second-order valence-electron chi connectivity index (χ2n) is 4.90. The number of hydrogen-bond donors (Lipinski definition) is 1. The molecule has 0 amide bonds. The topological polar surface area (TPSA) is 29.9 Å². The van der Waals surface area contributed by atoms with Gasteiger partial charge in [-0.05, 0) is 51.0 Å². The van der Waals surface area contributed by atoms with E-state index >= 15 is 0 Å². The third-order valence-electron chi connectivity index (χ3n) is 3.68. The summed E-state index contributed by atoms with van der Waals surface area (Å²) in [5, 5.41) is 3.50. The smallest absolute Gasteiger partial charge is 0.0606 e. The first-order valence-electron chi connectivity index (χ1n) is 6.28. The van der Waals surface area contributed by atoms with Crippen LogP contribution >= 0.6 is 0 Å². The fourth-order valence-electron chi connectivity index (χ4n) is 2.26. The number of nitrogens with one attached hydrogen (secondary N) is 1. The summed E-state index contributed by atoms with van der Waals surface area (Å²) in [5.41, 5.74) is 7.41. The molecule has 96 valence electrons. The van der Waals surface area contributed by atoms with Crippen molar-refractivity contribution in [2.45, 2.75) is 34.2 Å². The van der Waals surface area contributed by atoms with E-state index in [2.05, 4.69) is 48.8 Å². The van der Waals surface area contributed by atoms with E-state index in [1.807, 2.05) is 19.2 Å². The van der Waals surface area contributed by atoms with Crippen LogP contribution in [0.4, 0.5) is 5.69 Å². The predicted molar refractivity (Wildman–Crippen MR) is 75.9 cm³/mol. The Morgan fingerprint density at radius 2 is 1.94 bits per heavy atom. The Balaban J connectivity index is 2.19. The summed E-state index contributed by atoms with van der Waals surface area (Å²) in [6.45, 7) is 9.30. The molecule has 18 heavy (non-hydrogen) atoms. The minimum atomic E-state index is 0.848. The van der Waals surface area contributed by atoms with Crippen molar-refractivity contribution in [3.63, 3.8) is 0 Å². The minimum absolute atomic E-state index is 0.848. The van der Waals surface area contributed by atoms with Crippen molar-refractivity contribution in [1.29, 1.82) is 0 Å². The standard InChI is InChI=1S/C15H21N3/c1-10-6-7-16-12(3)15(10)17-9-14-8-11(2)18(5)13(14)4/h6-8,17H,9H2,1-5H3. The van der Waals surface area contributed by atoms with E-state index in [4.69, 9.17) is 0 Å². The van der Waals surface area contributed by atoms with Crippen molar-refractivity contribution in [2.24, 2.45) is 7.05 Å². The predicted octanol–water partition coefficient (Wildman–Crippen LogP) is 3.27. The van der Waals surface area contributed by atoms with Gasteiger partial charge in [-0.25, -0.2) is 0 Å². The maximum atomic E-state index is 4.33. The van der Waals surface area contributed by atoms with Gasteiger partial charge in [-0.3, -0.25) is 4.98 Å². The van der Waals surface area contributed by atoms with Gasteiger partial charge < -0.3 is 9.88 Å². The first kappa shape index (κ1) is 12.7. The molecule has 1 N–H and O–H groups in total. The molecule has 2 aromatic rings. The zero-order valence-corrected chi connectivity index (χ0v) is 11.8. The largest absolute Gasteiger partial charge is 0.379 e. The summed E-state index contributed by atoms with van der Waals surface area (Å²) in [6, 6.07) is 4.28. The zero-order valence-electron chi connectivity index (χ0n) is 11.8. The third-order valence-corrected chi connectivity index (χ3v) is 3.68. The fourth-order valence-corrected chi connectivity index (χ4v) is 2.26. The lowest BCUT2D eigenvalue weighted by Crippen LogP contribution is -2.05. The lowest BCUT2D eigenvalue weighted by atomic mass is 10.2. The Hall–Kier alpha value is -1.77. The second-order valence-corrected chi connectivity index (χ2v) is 4.90. The molecule has 3 heteroatoms. The molecular formula is C15H21N3. The Bertz CT molecular complexity index is 547. The van der Waals surface area contributed by atoms with Gasteiger partial charge in [0, 0.05) is 31.2 Å². The molecule has 0 saturated heterocycles. The summed E-state index contributed by atoms with van der Waals surface area (Å²) >= 11 is 0. The molecule has 2 rings (SSSR count). The van der Waals surface area contributed by atoms with E-state index in [0.717, 1.165) is 17.9 Å². The number of aryl methyl sites for hydroxylation is 3. The lowest BCUT2D eigenvalue weighted by molar-refractivity contribution is 0.836. The van der Waals surface area contributed by atoms with E-state index < -0.39 is 0 Å². The van der Waals surface area contributed by atoms with Crippen LogP contribution < -0.4 is 5.32 Å². The molecular weight excluding hydrogens is 222 g/mol. The van der Waals surface area contributed by atoms with Gasteiger partial charge in [0.25, 0.3) is 0 Å². The Kier molecular flexibility index (Phi) is 3.41. The number of pyridine rings is 1. The molecule has 0 bridgehead atoms. The van der Waals surface area contributed by atoms with Gasteiger partial charge in [-0.15, -0.1) is 0 Å². The third kappa shape index (κ3) is 2.26. The quantitative estimate of drug-likeness (QED) is 0.896. The van der Waals surface area contributed by atoms with Crippen LogP contribution in [0.15, 0.2) is 18.3 Å². The number of nitrogens with zero attached hydrogens (tertiary/aromatic N) is 2. The maximum absolute atomic E-state index is 4.33. The molecule has 0 saturated carbocycles.